The Labute approximate surface area is 86.9 Å². The maximum absolute atomic E-state index is 13.5. The number of piperidine rings is 1. The second kappa shape index (κ2) is 3.87. The van der Waals surface area contributed by atoms with E-state index in [2.05, 4.69) is 5.32 Å². The number of rotatable bonds is 1. The molecule has 1 aliphatic rings. The van der Waals surface area contributed by atoms with Crippen molar-refractivity contribution in [3.8, 4) is 0 Å². The number of hydrogen-bond acceptors (Lipinski definition) is 2. The van der Waals surface area contributed by atoms with Gasteiger partial charge in [-0.05, 0) is 32.0 Å². The zero-order chi connectivity index (χ0) is 10.9. The first kappa shape index (κ1) is 10.5. The first-order valence-corrected chi connectivity index (χ1v) is 5.01. The summed E-state index contributed by atoms with van der Waals surface area (Å²) in [6.45, 7) is 1.24. The van der Waals surface area contributed by atoms with Gasteiger partial charge in [0.25, 0.3) is 0 Å². The summed E-state index contributed by atoms with van der Waals surface area (Å²) in [4.78, 5) is 0. The molecule has 0 bridgehead atoms. The van der Waals surface area contributed by atoms with Crippen LogP contribution in [0.5, 0.6) is 0 Å². The minimum Gasteiger partial charge on any atom is -0.385 e. The van der Waals surface area contributed by atoms with Crippen LogP contribution in [-0.2, 0) is 5.60 Å². The fourth-order valence-corrected chi connectivity index (χ4v) is 1.97. The molecule has 1 fully saturated rings. The van der Waals surface area contributed by atoms with E-state index in [0.29, 0.717) is 25.9 Å². The Morgan fingerprint density at radius 2 is 1.87 bits per heavy atom. The number of benzene rings is 1. The van der Waals surface area contributed by atoms with Gasteiger partial charge in [0.1, 0.15) is 0 Å². The van der Waals surface area contributed by atoms with Gasteiger partial charge in [-0.25, -0.2) is 8.78 Å². The normalized spacial score (nSPS) is 20.2. The van der Waals surface area contributed by atoms with E-state index >= 15 is 0 Å². The second-order valence-corrected chi connectivity index (χ2v) is 3.88. The van der Waals surface area contributed by atoms with Gasteiger partial charge in [0, 0.05) is 5.56 Å². The summed E-state index contributed by atoms with van der Waals surface area (Å²) >= 11 is 0. The molecule has 0 saturated carbocycles. The lowest BCUT2D eigenvalue weighted by Crippen LogP contribution is -2.40. The number of nitrogens with one attached hydrogen (secondary N) is 1. The Bertz CT molecular complexity index is 362. The quantitative estimate of drug-likeness (QED) is 0.741. The minimum absolute atomic E-state index is 0.0731. The summed E-state index contributed by atoms with van der Waals surface area (Å²) in [7, 11) is 0. The van der Waals surface area contributed by atoms with E-state index in [1.165, 1.54) is 12.1 Å². The lowest BCUT2D eigenvalue weighted by atomic mass is 9.85. The van der Waals surface area contributed by atoms with Crippen molar-refractivity contribution in [2.75, 3.05) is 13.1 Å². The summed E-state index contributed by atoms with van der Waals surface area (Å²) in [6.07, 6.45) is 0.820. The molecule has 1 aromatic rings. The maximum atomic E-state index is 13.5. The summed E-state index contributed by atoms with van der Waals surface area (Å²) < 4.78 is 26.5. The number of halogens is 2. The van der Waals surface area contributed by atoms with Crippen LogP contribution in [0.1, 0.15) is 18.4 Å². The van der Waals surface area contributed by atoms with Crippen molar-refractivity contribution in [2.45, 2.75) is 18.4 Å². The third-order valence-electron chi connectivity index (χ3n) is 2.88. The van der Waals surface area contributed by atoms with Gasteiger partial charge in [0.2, 0.25) is 0 Å². The Morgan fingerprint density at radius 3 is 2.53 bits per heavy atom. The van der Waals surface area contributed by atoms with Crippen molar-refractivity contribution in [3.05, 3.63) is 35.4 Å². The van der Waals surface area contributed by atoms with E-state index in [1.807, 2.05) is 0 Å². The standard InChI is InChI=1S/C11H13F2NO/c12-9-3-1-2-8(10(9)13)11(15)4-6-14-7-5-11/h1-3,14-15H,4-7H2. The molecule has 4 heteroatoms. The molecule has 0 spiro atoms. The van der Waals surface area contributed by atoms with Crippen molar-refractivity contribution >= 4 is 0 Å². The molecule has 2 N–H and O–H groups in total. The van der Waals surface area contributed by atoms with Gasteiger partial charge in [-0.2, -0.15) is 0 Å². The van der Waals surface area contributed by atoms with Crippen molar-refractivity contribution in [1.82, 2.24) is 5.32 Å². The summed E-state index contributed by atoms with van der Waals surface area (Å²) in [5.41, 5.74) is -1.15. The molecule has 0 unspecified atom stereocenters. The highest BCUT2D eigenvalue weighted by Crippen LogP contribution is 2.32. The van der Waals surface area contributed by atoms with Crippen LogP contribution in [0.25, 0.3) is 0 Å². The molecule has 2 rings (SSSR count). The number of aliphatic hydroxyl groups is 1. The van der Waals surface area contributed by atoms with Gasteiger partial charge in [-0.15, -0.1) is 0 Å². The Kier molecular flexibility index (Phi) is 2.71. The highest BCUT2D eigenvalue weighted by atomic mass is 19.2. The predicted molar refractivity (Wildman–Crippen MR) is 52.4 cm³/mol. The van der Waals surface area contributed by atoms with E-state index in [-0.39, 0.29) is 5.56 Å². The molecule has 1 aromatic carbocycles. The molecule has 0 atom stereocenters. The SMILES string of the molecule is OC1(c2cccc(F)c2F)CCNCC1. The van der Waals surface area contributed by atoms with Crippen molar-refractivity contribution < 1.29 is 13.9 Å². The monoisotopic (exact) mass is 213 g/mol. The average Bonchev–Trinajstić information content (AvgIpc) is 2.23. The molecule has 1 saturated heterocycles. The molecule has 15 heavy (non-hydrogen) atoms. The number of hydrogen-bond donors (Lipinski definition) is 2. The van der Waals surface area contributed by atoms with Gasteiger partial charge in [-0.3, -0.25) is 0 Å². The second-order valence-electron chi connectivity index (χ2n) is 3.88. The highest BCUT2D eigenvalue weighted by Gasteiger charge is 2.34. The van der Waals surface area contributed by atoms with Gasteiger partial charge in [0.05, 0.1) is 5.60 Å². The van der Waals surface area contributed by atoms with Gasteiger partial charge in [-0.1, -0.05) is 12.1 Å². The Morgan fingerprint density at radius 1 is 1.20 bits per heavy atom. The zero-order valence-electron chi connectivity index (χ0n) is 8.26. The summed E-state index contributed by atoms with van der Waals surface area (Å²) in [5.74, 6) is -1.83. The fourth-order valence-electron chi connectivity index (χ4n) is 1.97. The topological polar surface area (TPSA) is 32.3 Å². The van der Waals surface area contributed by atoms with E-state index in [4.69, 9.17) is 0 Å². The van der Waals surface area contributed by atoms with Gasteiger partial charge < -0.3 is 10.4 Å². The highest BCUT2D eigenvalue weighted by molar-refractivity contribution is 5.26. The van der Waals surface area contributed by atoms with Crippen LogP contribution in [-0.4, -0.2) is 18.2 Å². The van der Waals surface area contributed by atoms with E-state index in [1.54, 1.807) is 0 Å². The lowest BCUT2D eigenvalue weighted by Gasteiger charge is -2.33. The van der Waals surface area contributed by atoms with Crippen molar-refractivity contribution in [2.24, 2.45) is 0 Å². The molecule has 0 radical (unpaired) electrons. The van der Waals surface area contributed by atoms with Crippen LogP contribution in [0.2, 0.25) is 0 Å². The molecule has 82 valence electrons. The first-order valence-electron chi connectivity index (χ1n) is 5.01. The van der Waals surface area contributed by atoms with Crippen LogP contribution in [0.15, 0.2) is 18.2 Å². The van der Waals surface area contributed by atoms with Gasteiger partial charge >= 0.3 is 0 Å². The molecule has 1 heterocycles. The molecular formula is C11H13F2NO. The van der Waals surface area contributed by atoms with Crippen LogP contribution in [0, 0.1) is 11.6 Å². The molecule has 1 aliphatic heterocycles. The Balaban J connectivity index is 2.39. The van der Waals surface area contributed by atoms with E-state index in [9.17, 15) is 13.9 Å². The minimum atomic E-state index is -1.22. The van der Waals surface area contributed by atoms with Crippen molar-refractivity contribution in [3.63, 3.8) is 0 Å². The van der Waals surface area contributed by atoms with Gasteiger partial charge in [0.15, 0.2) is 11.6 Å². The van der Waals surface area contributed by atoms with Crippen LogP contribution < -0.4 is 5.32 Å². The van der Waals surface area contributed by atoms with E-state index in [0.717, 1.165) is 6.07 Å². The molecule has 2 nitrogen and oxygen atoms in total. The van der Waals surface area contributed by atoms with Crippen LogP contribution >= 0.6 is 0 Å². The predicted octanol–water partition coefficient (Wildman–Crippen LogP) is 1.54. The molecule has 0 amide bonds. The van der Waals surface area contributed by atoms with Crippen LogP contribution in [0.3, 0.4) is 0 Å². The summed E-state index contributed by atoms with van der Waals surface area (Å²) in [6, 6.07) is 3.93. The Hall–Kier alpha value is -1.00. The smallest absolute Gasteiger partial charge is 0.164 e. The third kappa shape index (κ3) is 1.87. The molecular weight excluding hydrogens is 200 g/mol. The lowest BCUT2D eigenvalue weighted by molar-refractivity contribution is 0.00219. The average molecular weight is 213 g/mol. The van der Waals surface area contributed by atoms with Crippen LogP contribution in [0.4, 0.5) is 8.78 Å². The first-order chi connectivity index (χ1) is 7.13. The largest absolute Gasteiger partial charge is 0.385 e. The summed E-state index contributed by atoms with van der Waals surface area (Å²) in [5, 5.41) is 13.3. The third-order valence-corrected chi connectivity index (χ3v) is 2.88. The fraction of sp³-hybridized carbons (Fsp3) is 0.455. The van der Waals surface area contributed by atoms with Crippen molar-refractivity contribution in [1.29, 1.82) is 0 Å². The maximum Gasteiger partial charge on any atom is 0.164 e. The zero-order valence-corrected chi connectivity index (χ0v) is 8.26. The molecule has 0 aromatic heterocycles. The van der Waals surface area contributed by atoms with E-state index < -0.39 is 17.2 Å². The molecule has 0 aliphatic carbocycles.